The zero-order valence-corrected chi connectivity index (χ0v) is 16.1. The lowest BCUT2D eigenvalue weighted by atomic mass is 10.2. The maximum absolute atomic E-state index is 12.3. The Bertz CT molecular complexity index is 954. The number of hydrogen-bond donors (Lipinski definition) is 3. The fourth-order valence-electron chi connectivity index (χ4n) is 2.67. The van der Waals surface area contributed by atoms with Gasteiger partial charge in [0.1, 0.15) is 11.5 Å². The highest BCUT2D eigenvalue weighted by atomic mass is 16.5. The topological polar surface area (TPSA) is 92.6 Å². The van der Waals surface area contributed by atoms with Crippen LogP contribution in [-0.2, 0) is 11.3 Å². The quantitative estimate of drug-likeness (QED) is 0.516. The van der Waals surface area contributed by atoms with Crippen LogP contribution in [-0.4, -0.2) is 25.0 Å². The van der Waals surface area contributed by atoms with Gasteiger partial charge in [0, 0.05) is 23.0 Å². The summed E-state index contributed by atoms with van der Waals surface area (Å²) in [5.74, 6) is 0.956. The van der Waals surface area contributed by atoms with Gasteiger partial charge in [-0.15, -0.1) is 0 Å². The van der Waals surface area contributed by atoms with Crippen LogP contribution >= 0.6 is 0 Å². The van der Waals surface area contributed by atoms with Crippen molar-refractivity contribution in [3.05, 3.63) is 78.3 Å². The molecule has 3 N–H and O–H groups in total. The standard InChI is InChI=1S/C22H23N3O4/c1-2-28-19-9-4-8-18(13-19)25-21(26)15-23-17-7-3-6-16(12-17)22(27)24-14-20-10-5-11-29-20/h3-13,23H,2,14-15H2,1H3,(H,24,27)(H,25,26). The summed E-state index contributed by atoms with van der Waals surface area (Å²) in [5, 5.41) is 8.63. The summed E-state index contributed by atoms with van der Waals surface area (Å²) in [6.45, 7) is 2.84. The van der Waals surface area contributed by atoms with Crippen LogP contribution in [0.15, 0.2) is 71.3 Å². The van der Waals surface area contributed by atoms with Gasteiger partial charge in [0.2, 0.25) is 5.91 Å². The third-order valence-electron chi connectivity index (χ3n) is 4.01. The molecule has 2 aromatic carbocycles. The molecule has 1 aromatic heterocycles. The van der Waals surface area contributed by atoms with E-state index < -0.39 is 0 Å². The van der Waals surface area contributed by atoms with Gasteiger partial charge in [-0.05, 0) is 49.4 Å². The Hall–Kier alpha value is -3.74. The maximum Gasteiger partial charge on any atom is 0.251 e. The van der Waals surface area contributed by atoms with Crippen LogP contribution in [0.4, 0.5) is 11.4 Å². The first-order valence-corrected chi connectivity index (χ1v) is 9.31. The second-order valence-corrected chi connectivity index (χ2v) is 6.21. The van der Waals surface area contributed by atoms with E-state index in [0.29, 0.717) is 41.6 Å². The van der Waals surface area contributed by atoms with Crippen molar-refractivity contribution < 1.29 is 18.7 Å². The van der Waals surface area contributed by atoms with Crippen LogP contribution in [0.5, 0.6) is 5.75 Å². The first kappa shape index (κ1) is 20.0. The van der Waals surface area contributed by atoms with Crippen LogP contribution < -0.4 is 20.7 Å². The SMILES string of the molecule is CCOc1cccc(NC(=O)CNc2cccc(C(=O)NCc3ccco3)c2)c1. The fourth-order valence-corrected chi connectivity index (χ4v) is 2.67. The van der Waals surface area contributed by atoms with E-state index in [2.05, 4.69) is 16.0 Å². The fraction of sp³-hybridized carbons (Fsp3) is 0.182. The van der Waals surface area contributed by atoms with E-state index >= 15 is 0 Å². The van der Waals surface area contributed by atoms with E-state index in [4.69, 9.17) is 9.15 Å². The lowest BCUT2D eigenvalue weighted by Crippen LogP contribution is -2.23. The molecule has 0 unspecified atom stereocenters. The highest BCUT2D eigenvalue weighted by Crippen LogP contribution is 2.17. The normalized spacial score (nSPS) is 10.2. The summed E-state index contributed by atoms with van der Waals surface area (Å²) in [4.78, 5) is 24.5. The number of hydrogen-bond acceptors (Lipinski definition) is 5. The Morgan fingerprint density at radius 2 is 1.83 bits per heavy atom. The van der Waals surface area contributed by atoms with E-state index in [1.54, 1.807) is 54.8 Å². The molecule has 0 atom stereocenters. The molecule has 0 aliphatic rings. The van der Waals surface area contributed by atoms with Gasteiger partial charge in [0.25, 0.3) is 5.91 Å². The van der Waals surface area contributed by atoms with Crippen molar-refractivity contribution in [2.45, 2.75) is 13.5 Å². The van der Waals surface area contributed by atoms with Gasteiger partial charge in [-0.2, -0.15) is 0 Å². The van der Waals surface area contributed by atoms with Crippen molar-refractivity contribution in [1.82, 2.24) is 5.32 Å². The average molecular weight is 393 g/mol. The van der Waals surface area contributed by atoms with Gasteiger partial charge >= 0.3 is 0 Å². The highest BCUT2D eigenvalue weighted by molar-refractivity contribution is 5.96. The molecule has 3 aromatic rings. The van der Waals surface area contributed by atoms with E-state index in [-0.39, 0.29) is 18.4 Å². The summed E-state index contributed by atoms with van der Waals surface area (Å²) in [6.07, 6.45) is 1.56. The van der Waals surface area contributed by atoms with Crippen LogP contribution in [0.25, 0.3) is 0 Å². The third-order valence-corrected chi connectivity index (χ3v) is 4.01. The number of nitrogens with one attached hydrogen (secondary N) is 3. The first-order chi connectivity index (χ1) is 14.1. The molecular weight excluding hydrogens is 370 g/mol. The highest BCUT2D eigenvalue weighted by Gasteiger charge is 2.08. The lowest BCUT2D eigenvalue weighted by molar-refractivity contribution is -0.114. The molecule has 7 nitrogen and oxygen atoms in total. The molecule has 0 saturated carbocycles. The number of ether oxygens (including phenoxy) is 1. The Kier molecular flexibility index (Phi) is 6.89. The minimum Gasteiger partial charge on any atom is -0.494 e. The van der Waals surface area contributed by atoms with Crippen LogP contribution in [0, 0.1) is 0 Å². The van der Waals surface area contributed by atoms with Crippen LogP contribution in [0.2, 0.25) is 0 Å². The van der Waals surface area contributed by atoms with Gasteiger partial charge in [0.05, 0.1) is 26.0 Å². The van der Waals surface area contributed by atoms with E-state index in [9.17, 15) is 9.59 Å². The molecular formula is C22H23N3O4. The number of anilines is 2. The molecule has 7 heteroatoms. The molecule has 3 rings (SSSR count). The van der Waals surface area contributed by atoms with Gasteiger partial charge in [0.15, 0.2) is 0 Å². The number of rotatable bonds is 9. The summed E-state index contributed by atoms with van der Waals surface area (Å²) in [6, 6.07) is 17.7. The third kappa shape index (κ3) is 6.14. The second-order valence-electron chi connectivity index (χ2n) is 6.21. The van der Waals surface area contributed by atoms with Crippen LogP contribution in [0.3, 0.4) is 0 Å². The minimum atomic E-state index is -0.220. The lowest BCUT2D eigenvalue weighted by Gasteiger charge is -2.10. The number of furan rings is 1. The summed E-state index contributed by atoms with van der Waals surface area (Å²) in [7, 11) is 0. The summed E-state index contributed by atoms with van der Waals surface area (Å²) in [5.41, 5.74) is 1.83. The molecule has 150 valence electrons. The molecule has 0 aliphatic carbocycles. The van der Waals surface area contributed by atoms with Crippen molar-refractivity contribution in [2.75, 3.05) is 23.8 Å². The molecule has 2 amide bonds. The smallest absolute Gasteiger partial charge is 0.251 e. The molecule has 0 radical (unpaired) electrons. The first-order valence-electron chi connectivity index (χ1n) is 9.31. The zero-order chi connectivity index (χ0) is 20.5. The maximum atomic E-state index is 12.3. The van der Waals surface area contributed by atoms with E-state index in [0.717, 1.165) is 0 Å². The Labute approximate surface area is 169 Å². The number of carbonyl (C=O) groups is 2. The van der Waals surface area contributed by atoms with Gasteiger partial charge in [-0.1, -0.05) is 12.1 Å². The van der Waals surface area contributed by atoms with Gasteiger partial charge < -0.3 is 25.1 Å². The monoisotopic (exact) mass is 393 g/mol. The molecule has 0 bridgehead atoms. The molecule has 29 heavy (non-hydrogen) atoms. The zero-order valence-electron chi connectivity index (χ0n) is 16.1. The van der Waals surface area contributed by atoms with Crippen molar-refractivity contribution in [3.63, 3.8) is 0 Å². The molecule has 1 heterocycles. The predicted octanol–water partition coefficient (Wildman–Crippen LogP) is 3.66. The van der Waals surface area contributed by atoms with E-state index in [1.165, 1.54) is 0 Å². The number of carbonyl (C=O) groups excluding carboxylic acids is 2. The Morgan fingerprint density at radius 3 is 2.62 bits per heavy atom. The molecule has 0 fully saturated rings. The molecule has 0 saturated heterocycles. The van der Waals surface area contributed by atoms with Crippen molar-refractivity contribution >= 4 is 23.2 Å². The van der Waals surface area contributed by atoms with Crippen molar-refractivity contribution in [2.24, 2.45) is 0 Å². The Morgan fingerprint density at radius 1 is 1.00 bits per heavy atom. The van der Waals surface area contributed by atoms with E-state index in [1.807, 2.05) is 19.1 Å². The van der Waals surface area contributed by atoms with Crippen molar-refractivity contribution in [1.29, 1.82) is 0 Å². The molecule has 0 spiro atoms. The largest absolute Gasteiger partial charge is 0.494 e. The van der Waals surface area contributed by atoms with Gasteiger partial charge in [-0.25, -0.2) is 0 Å². The van der Waals surface area contributed by atoms with Gasteiger partial charge in [-0.3, -0.25) is 9.59 Å². The number of amides is 2. The van der Waals surface area contributed by atoms with Crippen molar-refractivity contribution in [3.8, 4) is 5.75 Å². The predicted molar refractivity (Wildman–Crippen MR) is 111 cm³/mol. The average Bonchev–Trinajstić information content (AvgIpc) is 3.25. The van der Waals surface area contributed by atoms with Crippen LogP contribution in [0.1, 0.15) is 23.0 Å². The summed E-state index contributed by atoms with van der Waals surface area (Å²) >= 11 is 0. The molecule has 0 aliphatic heterocycles. The summed E-state index contributed by atoms with van der Waals surface area (Å²) < 4.78 is 10.6. The Balaban J connectivity index is 1.51. The minimum absolute atomic E-state index is 0.0658. The number of benzene rings is 2. The second kappa shape index (κ2) is 9.98.